The smallest absolute Gasteiger partial charge is 0.165 e. The van der Waals surface area contributed by atoms with E-state index < -0.39 is 0 Å². The molecule has 21 heavy (non-hydrogen) atoms. The Morgan fingerprint density at radius 3 is 2.95 bits per heavy atom. The van der Waals surface area contributed by atoms with Crippen LogP contribution in [0.1, 0.15) is 24.7 Å². The molecule has 0 aliphatic heterocycles. The lowest BCUT2D eigenvalue weighted by molar-refractivity contribution is 0.297. The molecule has 1 heterocycles. The van der Waals surface area contributed by atoms with Crippen LogP contribution in [-0.4, -0.2) is 22.7 Å². The maximum Gasteiger partial charge on any atom is 0.165 e. The molecule has 0 atom stereocenters. The van der Waals surface area contributed by atoms with Crippen LogP contribution < -0.4 is 10.1 Å². The van der Waals surface area contributed by atoms with Crippen molar-refractivity contribution >= 4 is 0 Å². The van der Waals surface area contributed by atoms with E-state index in [0.717, 1.165) is 24.4 Å². The predicted molar refractivity (Wildman–Crippen MR) is 80.8 cm³/mol. The first-order chi connectivity index (χ1) is 10.2. The molecule has 1 N–H and O–H groups in total. The minimum atomic E-state index is -0.314. The first-order valence-corrected chi connectivity index (χ1v) is 7.29. The summed E-state index contributed by atoms with van der Waals surface area (Å²) in [4.78, 5) is 4.23. The van der Waals surface area contributed by atoms with E-state index in [-0.39, 0.29) is 5.82 Å². The fourth-order valence-corrected chi connectivity index (χ4v) is 2.14. The fourth-order valence-electron chi connectivity index (χ4n) is 2.14. The first kappa shape index (κ1) is 15.5. The van der Waals surface area contributed by atoms with E-state index in [0.29, 0.717) is 25.3 Å². The van der Waals surface area contributed by atoms with Crippen molar-refractivity contribution in [2.24, 2.45) is 7.05 Å². The molecule has 0 fully saturated rings. The van der Waals surface area contributed by atoms with Crippen LogP contribution >= 0.6 is 0 Å². The van der Waals surface area contributed by atoms with Crippen LogP contribution in [0.3, 0.4) is 0 Å². The minimum absolute atomic E-state index is 0.314. The van der Waals surface area contributed by atoms with Gasteiger partial charge in [-0.2, -0.15) is 0 Å². The highest BCUT2D eigenvalue weighted by atomic mass is 19.1. The number of hydrogen-bond donors (Lipinski definition) is 1. The molecule has 0 bridgehead atoms. The van der Waals surface area contributed by atoms with Gasteiger partial charge in [-0.1, -0.05) is 19.1 Å². The second kappa shape index (κ2) is 7.78. The Morgan fingerprint density at radius 2 is 2.24 bits per heavy atom. The SMILES string of the molecule is CCCNCc1cccc(F)c1OCCc1nccn1C. The monoisotopic (exact) mass is 291 g/mol. The molecular formula is C16H22FN3O. The van der Waals surface area contributed by atoms with Crippen LogP contribution in [0.2, 0.25) is 0 Å². The summed E-state index contributed by atoms with van der Waals surface area (Å²) >= 11 is 0. The van der Waals surface area contributed by atoms with Crippen molar-refractivity contribution < 1.29 is 9.13 Å². The van der Waals surface area contributed by atoms with Crippen LogP contribution in [0, 0.1) is 5.82 Å². The number of benzene rings is 1. The van der Waals surface area contributed by atoms with Gasteiger partial charge in [-0.15, -0.1) is 0 Å². The first-order valence-electron chi connectivity index (χ1n) is 7.29. The summed E-state index contributed by atoms with van der Waals surface area (Å²) < 4.78 is 21.5. The summed E-state index contributed by atoms with van der Waals surface area (Å²) in [6.45, 7) is 4.03. The number of imidazole rings is 1. The normalized spacial score (nSPS) is 10.8. The van der Waals surface area contributed by atoms with Gasteiger partial charge in [-0.25, -0.2) is 9.37 Å². The van der Waals surface area contributed by atoms with Crippen LogP contribution in [0.15, 0.2) is 30.6 Å². The van der Waals surface area contributed by atoms with Crippen LogP contribution in [0.4, 0.5) is 4.39 Å². The van der Waals surface area contributed by atoms with Crippen LogP contribution in [0.5, 0.6) is 5.75 Å². The van der Waals surface area contributed by atoms with Crippen molar-refractivity contribution in [3.05, 3.63) is 47.8 Å². The lowest BCUT2D eigenvalue weighted by Crippen LogP contribution is -2.16. The molecule has 2 rings (SSSR count). The van der Waals surface area contributed by atoms with Crippen molar-refractivity contribution in [2.75, 3.05) is 13.2 Å². The molecular weight excluding hydrogens is 269 g/mol. The average Bonchev–Trinajstić information content (AvgIpc) is 2.87. The molecule has 1 aromatic heterocycles. The lowest BCUT2D eigenvalue weighted by atomic mass is 10.2. The Kier molecular flexibility index (Phi) is 5.75. The van der Waals surface area contributed by atoms with Crippen molar-refractivity contribution in [1.29, 1.82) is 0 Å². The van der Waals surface area contributed by atoms with Gasteiger partial charge < -0.3 is 14.6 Å². The molecule has 0 saturated heterocycles. The summed E-state index contributed by atoms with van der Waals surface area (Å²) in [6.07, 6.45) is 5.33. The zero-order valence-corrected chi connectivity index (χ0v) is 12.6. The molecule has 0 aliphatic rings. The number of para-hydroxylation sites is 1. The predicted octanol–water partition coefficient (Wildman–Crippen LogP) is 2.68. The number of halogens is 1. The molecule has 0 spiro atoms. The van der Waals surface area contributed by atoms with Crippen LogP contribution in [0.25, 0.3) is 0 Å². The van der Waals surface area contributed by atoms with Gasteiger partial charge in [-0.05, 0) is 19.0 Å². The van der Waals surface area contributed by atoms with E-state index >= 15 is 0 Å². The van der Waals surface area contributed by atoms with Gasteiger partial charge in [0.1, 0.15) is 5.82 Å². The van der Waals surface area contributed by atoms with Gasteiger partial charge in [0.15, 0.2) is 11.6 Å². The van der Waals surface area contributed by atoms with E-state index in [1.807, 2.05) is 23.9 Å². The second-order valence-electron chi connectivity index (χ2n) is 4.96. The largest absolute Gasteiger partial charge is 0.490 e. The molecule has 0 aliphatic carbocycles. The van der Waals surface area contributed by atoms with Gasteiger partial charge >= 0.3 is 0 Å². The van der Waals surface area contributed by atoms with Gasteiger partial charge in [0.25, 0.3) is 0 Å². The number of aryl methyl sites for hydroxylation is 1. The molecule has 0 amide bonds. The maximum absolute atomic E-state index is 13.9. The Labute approximate surface area is 125 Å². The third-order valence-corrected chi connectivity index (χ3v) is 3.28. The summed E-state index contributed by atoms with van der Waals surface area (Å²) in [5, 5.41) is 3.27. The molecule has 1 aromatic carbocycles. The van der Waals surface area contributed by atoms with E-state index in [9.17, 15) is 4.39 Å². The number of aromatic nitrogens is 2. The number of nitrogens with zero attached hydrogens (tertiary/aromatic N) is 2. The Bertz CT molecular complexity index is 568. The number of rotatable bonds is 8. The quantitative estimate of drug-likeness (QED) is 0.760. The van der Waals surface area contributed by atoms with Gasteiger partial charge in [0, 0.05) is 38.0 Å². The molecule has 5 heteroatoms. The van der Waals surface area contributed by atoms with Gasteiger partial charge in [-0.3, -0.25) is 0 Å². The second-order valence-corrected chi connectivity index (χ2v) is 4.96. The fraction of sp³-hybridized carbons (Fsp3) is 0.438. The van der Waals surface area contributed by atoms with E-state index in [2.05, 4.69) is 17.2 Å². The van der Waals surface area contributed by atoms with E-state index in [1.54, 1.807) is 12.3 Å². The Hall–Kier alpha value is -1.88. The van der Waals surface area contributed by atoms with Crippen LogP contribution in [-0.2, 0) is 20.0 Å². The topological polar surface area (TPSA) is 39.1 Å². The standard InChI is InChI=1S/C16H22FN3O/c1-3-8-18-12-13-5-4-6-14(17)16(13)21-11-7-15-19-9-10-20(15)2/h4-6,9-10,18H,3,7-8,11-12H2,1-2H3. The Balaban J connectivity index is 1.96. The molecule has 0 unspecified atom stereocenters. The molecule has 2 aromatic rings. The highest BCUT2D eigenvalue weighted by Gasteiger charge is 2.10. The summed E-state index contributed by atoms with van der Waals surface area (Å²) in [5.41, 5.74) is 0.850. The maximum atomic E-state index is 13.9. The van der Waals surface area contributed by atoms with Crippen molar-refractivity contribution in [3.63, 3.8) is 0 Å². The minimum Gasteiger partial charge on any atom is -0.490 e. The highest BCUT2D eigenvalue weighted by molar-refractivity contribution is 5.34. The van der Waals surface area contributed by atoms with Crippen molar-refractivity contribution in [1.82, 2.24) is 14.9 Å². The molecule has 114 valence electrons. The number of hydrogen-bond acceptors (Lipinski definition) is 3. The molecule has 0 radical (unpaired) electrons. The zero-order valence-electron chi connectivity index (χ0n) is 12.6. The molecule has 4 nitrogen and oxygen atoms in total. The van der Waals surface area contributed by atoms with Gasteiger partial charge in [0.05, 0.1) is 6.61 Å². The molecule has 0 saturated carbocycles. The van der Waals surface area contributed by atoms with E-state index in [4.69, 9.17) is 4.74 Å². The third kappa shape index (κ3) is 4.29. The third-order valence-electron chi connectivity index (χ3n) is 3.28. The van der Waals surface area contributed by atoms with Crippen molar-refractivity contribution in [3.8, 4) is 5.75 Å². The number of nitrogens with one attached hydrogen (secondary N) is 1. The summed E-state index contributed by atoms with van der Waals surface area (Å²) in [7, 11) is 1.94. The van der Waals surface area contributed by atoms with Crippen molar-refractivity contribution in [2.45, 2.75) is 26.3 Å². The van der Waals surface area contributed by atoms with Gasteiger partial charge in [0.2, 0.25) is 0 Å². The highest BCUT2D eigenvalue weighted by Crippen LogP contribution is 2.22. The zero-order chi connectivity index (χ0) is 15.1. The average molecular weight is 291 g/mol. The lowest BCUT2D eigenvalue weighted by Gasteiger charge is -2.13. The van der Waals surface area contributed by atoms with E-state index in [1.165, 1.54) is 6.07 Å². The Morgan fingerprint density at radius 1 is 1.38 bits per heavy atom. The summed E-state index contributed by atoms with van der Waals surface area (Å²) in [6, 6.07) is 5.03. The number of ether oxygens (including phenoxy) is 1. The summed E-state index contributed by atoms with van der Waals surface area (Å²) in [5.74, 6) is 0.956.